The maximum atomic E-state index is 11.5. The zero-order valence-corrected chi connectivity index (χ0v) is 11.0. The second-order valence-corrected chi connectivity index (χ2v) is 5.00. The zero-order chi connectivity index (χ0) is 15.2. The molecule has 0 aromatic heterocycles. The van der Waals surface area contributed by atoms with Crippen molar-refractivity contribution >= 4 is 22.0 Å². The van der Waals surface area contributed by atoms with Crippen molar-refractivity contribution in [2.75, 3.05) is 6.54 Å². The number of carbonyl (C=O) groups is 1. The van der Waals surface area contributed by atoms with Crippen molar-refractivity contribution in [1.29, 1.82) is 0 Å². The van der Waals surface area contributed by atoms with Crippen LogP contribution in [-0.2, 0) is 15.1 Å². The van der Waals surface area contributed by atoms with Crippen LogP contribution in [0.2, 0.25) is 0 Å². The van der Waals surface area contributed by atoms with Crippen LogP contribution in [0.15, 0.2) is 24.3 Å². The lowest BCUT2D eigenvalue weighted by molar-refractivity contribution is -0.385. The number of carbonyl (C=O) groups excluding carboxylic acids is 1. The minimum atomic E-state index is -4.26. The van der Waals surface area contributed by atoms with Gasteiger partial charge in [0.25, 0.3) is 0 Å². The highest BCUT2D eigenvalue weighted by molar-refractivity contribution is 7.85. The molecule has 0 aliphatic heterocycles. The van der Waals surface area contributed by atoms with E-state index in [1.165, 1.54) is 12.1 Å². The number of hydrogen-bond acceptors (Lipinski definition) is 7. The number of para-hydroxylation sites is 2. The van der Waals surface area contributed by atoms with Crippen molar-refractivity contribution in [2.24, 2.45) is 0 Å². The molecule has 10 heteroatoms. The molecule has 0 spiro atoms. The average molecular weight is 303 g/mol. The van der Waals surface area contributed by atoms with Gasteiger partial charge in [-0.2, -0.15) is 13.1 Å². The molecule has 0 fully saturated rings. The maximum absolute atomic E-state index is 11.5. The molecule has 0 aliphatic carbocycles. The van der Waals surface area contributed by atoms with Gasteiger partial charge in [0.15, 0.2) is 0 Å². The molecule has 0 amide bonds. The monoisotopic (exact) mass is 303 g/mol. The summed E-state index contributed by atoms with van der Waals surface area (Å²) in [5.41, 5.74) is -0.493. The zero-order valence-electron chi connectivity index (χ0n) is 10.1. The number of hydrogen-bond donors (Lipinski definition) is 1. The summed E-state index contributed by atoms with van der Waals surface area (Å²) in [5, 5.41) is 20.8. The standard InChI is InChI=1S/C10H12N2O7S/c13-10(14)6-3-7-11-20(17,18)19-9-5-2-1-4-8(9)12(15)16/h1-2,4-5,11H,3,6-7H2,(H,13,14)/p-1. The summed E-state index contributed by atoms with van der Waals surface area (Å²) in [6.45, 7) is -0.184. The number of benzene rings is 1. The molecule has 0 atom stereocenters. The summed E-state index contributed by atoms with van der Waals surface area (Å²) in [4.78, 5) is 20.0. The number of carboxylic acid groups (broad SMARTS) is 1. The van der Waals surface area contributed by atoms with E-state index in [0.717, 1.165) is 12.1 Å². The summed E-state index contributed by atoms with van der Waals surface area (Å²) in [7, 11) is -4.26. The van der Waals surface area contributed by atoms with Crippen molar-refractivity contribution < 1.29 is 27.4 Å². The van der Waals surface area contributed by atoms with E-state index in [0.29, 0.717) is 0 Å². The van der Waals surface area contributed by atoms with Gasteiger partial charge in [0.2, 0.25) is 5.75 Å². The second kappa shape index (κ2) is 6.82. The number of nitrogens with one attached hydrogen (secondary N) is 1. The molecule has 0 radical (unpaired) electrons. The van der Waals surface area contributed by atoms with E-state index in [-0.39, 0.29) is 19.4 Å². The van der Waals surface area contributed by atoms with Crippen molar-refractivity contribution in [3.05, 3.63) is 34.4 Å². The number of carboxylic acids is 1. The first kappa shape index (κ1) is 15.9. The minimum Gasteiger partial charge on any atom is -0.550 e. The highest BCUT2D eigenvalue weighted by Gasteiger charge is 2.20. The molecule has 0 bridgehead atoms. The van der Waals surface area contributed by atoms with Gasteiger partial charge in [-0.3, -0.25) is 10.1 Å². The molecule has 0 heterocycles. The van der Waals surface area contributed by atoms with E-state index < -0.39 is 32.6 Å². The number of nitro benzene ring substituents is 1. The largest absolute Gasteiger partial charge is 0.550 e. The van der Waals surface area contributed by atoms with Gasteiger partial charge in [0, 0.05) is 18.6 Å². The molecule has 1 aromatic carbocycles. The Morgan fingerprint density at radius 1 is 1.35 bits per heavy atom. The third-order valence-electron chi connectivity index (χ3n) is 2.10. The van der Waals surface area contributed by atoms with Crippen LogP contribution in [0.4, 0.5) is 5.69 Å². The average Bonchev–Trinajstić information content (AvgIpc) is 2.34. The van der Waals surface area contributed by atoms with Crippen LogP contribution in [-0.4, -0.2) is 25.9 Å². The van der Waals surface area contributed by atoms with Crippen LogP contribution in [0.1, 0.15) is 12.8 Å². The Hall–Kier alpha value is -2.20. The fourth-order valence-corrected chi connectivity index (χ4v) is 2.09. The number of aliphatic carboxylic acids is 1. The van der Waals surface area contributed by atoms with Crippen LogP contribution in [0.25, 0.3) is 0 Å². The number of nitrogens with zero attached hydrogens (tertiary/aromatic N) is 1. The van der Waals surface area contributed by atoms with Crippen LogP contribution in [0, 0.1) is 10.1 Å². The molecule has 0 saturated heterocycles. The van der Waals surface area contributed by atoms with Gasteiger partial charge in [0.05, 0.1) is 4.92 Å². The summed E-state index contributed by atoms with van der Waals surface area (Å²) < 4.78 is 29.5. The third-order valence-corrected chi connectivity index (χ3v) is 3.05. The van der Waals surface area contributed by atoms with Gasteiger partial charge >= 0.3 is 16.0 Å². The predicted molar refractivity (Wildman–Crippen MR) is 64.9 cm³/mol. The normalized spacial score (nSPS) is 11.0. The topological polar surface area (TPSA) is 139 Å². The molecule has 20 heavy (non-hydrogen) atoms. The molecule has 1 rings (SSSR count). The molecular weight excluding hydrogens is 292 g/mol. The van der Waals surface area contributed by atoms with E-state index in [4.69, 9.17) is 0 Å². The molecule has 9 nitrogen and oxygen atoms in total. The fraction of sp³-hybridized carbons (Fsp3) is 0.300. The Morgan fingerprint density at radius 2 is 2.00 bits per heavy atom. The fourth-order valence-electron chi connectivity index (χ4n) is 1.26. The highest BCUT2D eigenvalue weighted by Crippen LogP contribution is 2.26. The molecule has 1 aromatic rings. The summed E-state index contributed by atoms with van der Waals surface area (Å²) >= 11 is 0. The first-order valence-electron chi connectivity index (χ1n) is 5.44. The summed E-state index contributed by atoms with van der Waals surface area (Å²) in [6.07, 6.45) is -0.296. The quantitative estimate of drug-likeness (QED) is 0.382. The molecule has 0 unspecified atom stereocenters. The Balaban J connectivity index is 2.67. The lowest BCUT2D eigenvalue weighted by Crippen LogP contribution is -2.30. The van der Waals surface area contributed by atoms with E-state index in [1.54, 1.807) is 0 Å². The Kier molecular flexibility index (Phi) is 5.41. The van der Waals surface area contributed by atoms with Gasteiger partial charge in [-0.05, 0) is 18.9 Å². The molecule has 0 aliphatic rings. The first-order valence-corrected chi connectivity index (χ1v) is 6.85. The highest BCUT2D eigenvalue weighted by atomic mass is 32.2. The molecule has 110 valence electrons. The molecule has 0 saturated carbocycles. The van der Waals surface area contributed by atoms with Gasteiger partial charge in [0.1, 0.15) is 0 Å². The van der Waals surface area contributed by atoms with Crippen LogP contribution in [0.5, 0.6) is 5.75 Å². The van der Waals surface area contributed by atoms with Gasteiger partial charge < -0.3 is 14.1 Å². The van der Waals surface area contributed by atoms with Crippen LogP contribution in [0.3, 0.4) is 0 Å². The molecule has 1 N–H and O–H groups in total. The number of rotatable bonds is 8. The van der Waals surface area contributed by atoms with Gasteiger partial charge in [-0.1, -0.05) is 12.1 Å². The lowest BCUT2D eigenvalue weighted by atomic mass is 10.3. The van der Waals surface area contributed by atoms with Crippen molar-refractivity contribution in [2.45, 2.75) is 12.8 Å². The Labute approximate surface area is 114 Å². The summed E-state index contributed by atoms with van der Waals surface area (Å²) in [6, 6.07) is 4.98. The van der Waals surface area contributed by atoms with Crippen LogP contribution < -0.4 is 14.0 Å². The smallest absolute Gasteiger partial charge is 0.382 e. The predicted octanol–water partition coefficient (Wildman–Crippen LogP) is -0.662. The van der Waals surface area contributed by atoms with Crippen molar-refractivity contribution in [3.8, 4) is 5.75 Å². The van der Waals surface area contributed by atoms with E-state index in [9.17, 15) is 28.4 Å². The van der Waals surface area contributed by atoms with Gasteiger partial charge in [-0.15, -0.1) is 0 Å². The minimum absolute atomic E-state index is 0.0157. The van der Waals surface area contributed by atoms with Gasteiger partial charge in [-0.25, -0.2) is 0 Å². The first-order chi connectivity index (χ1) is 9.32. The van der Waals surface area contributed by atoms with E-state index in [2.05, 4.69) is 4.18 Å². The SMILES string of the molecule is O=C([O-])CCCNS(=O)(=O)Oc1ccccc1[N+](=O)[O-]. The summed E-state index contributed by atoms with van der Waals surface area (Å²) in [5.74, 6) is -1.73. The van der Waals surface area contributed by atoms with E-state index >= 15 is 0 Å². The van der Waals surface area contributed by atoms with Crippen molar-refractivity contribution in [1.82, 2.24) is 4.72 Å². The van der Waals surface area contributed by atoms with E-state index in [1.807, 2.05) is 4.72 Å². The lowest BCUT2D eigenvalue weighted by Gasteiger charge is -2.08. The van der Waals surface area contributed by atoms with Crippen molar-refractivity contribution in [3.63, 3.8) is 0 Å². The number of nitro groups is 1. The molecular formula is C10H11N2O7S-. The third kappa shape index (κ3) is 5.20. The second-order valence-electron chi connectivity index (χ2n) is 3.63. The Bertz CT molecular complexity index is 599. The Morgan fingerprint density at radius 3 is 2.60 bits per heavy atom. The van der Waals surface area contributed by atoms with Crippen LogP contribution >= 0.6 is 0 Å². The maximum Gasteiger partial charge on any atom is 0.382 e.